The third-order valence-corrected chi connectivity index (χ3v) is 1.72. The maximum Gasteiger partial charge on any atom is 0.422 e. The molecule has 0 heterocycles. The van der Waals surface area contributed by atoms with Crippen molar-refractivity contribution in [3.05, 3.63) is 0 Å². The molecule has 1 N–H and O–H groups in total. The zero-order chi connectivity index (χ0) is 13.3. The van der Waals surface area contributed by atoms with E-state index in [1.54, 1.807) is 0 Å². The Labute approximate surface area is 98.5 Å². The van der Waals surface area contributed by atoms with Gasteiger partial charge in [0.15, 0.2) is 6.61 Å². The predicted molar refractivity (Wildman–Crippen MR) is 55.7 cm³/mol. The van der Waals surface area contributed by atoms with Gasteiger partial charge in [0.25, 0.3) is 0 Å². The van der Waals surface area contributed by atoms with E-state index < -0.39 is 18.9 Å². The average Bonchev–Trinajstić information content (AvgIpc) is 2.19. The van der Waals surface area contributed by atoms with Gasteiger partial charge in [-0.05, 0) is 12.3 Å². The normalized spacial score (nSPS) is 11.6. The first-order chi connectivity index (χ1) is 7.81. The lowest BCUT2D eigenvalue weighted by atomic mass is 10.1. The minimum Gasteiger partial charge on any atom is -0.440 e. The van der Waals surface area contributed by atoms with Crippen molar-refractivity contribution < 1.29 is 27.4 Å². The monoisotopic (exact) mass is 257 g/mol. The van der Waals surface area contributed by atoms with Crippen LogP contribution in [0.5, 0.6) is 0 Å². The molecule has 0 unspecified atom stereocenters. The Morgan fingerprint density at radius 2 is 1.94 bits per heavy atom. The van der Waals surface area contributed by atoms with Crippen molar-refractivity contribution in [3.63, 3.8) is 0 Å². The number of rotatable bonds is 7. The van der Waals surface area contributed by atoms with E-state index in [4.69, 9.17) is 4.74 Å². The van der Waals surface area contributed by atoms with Crippen LogP contribution in [0.2, 0.25) is 0 Å². The summed E-state index contributed by atoms with van der Waals surface area (Å²) >= 11 is 0. The van der Waals surface area contributed by atoms with Crippen molar-refractivity contribution in [2.75, 3.05) is 26.4 Å². The van der Waals surface area contributed by atoms with Crippen molar-refractivity contribution in [1.29, 1.82) is 0 Å². The van der Waals surface area contributed by atoms with Crippen LogP contribution >= 0.6 is 0 Å². The van der Waals surface area contributed by atoms with Gasteiger partial charge in [-0.1, -0.05) is 13.8 Å². The summed E-state index contributed by atoms with van der Waals surface area (Å²) in [5, 5.41) is 2.16. The molecule has 102 valence electrons. The van der Waals surface area contributed by atoms with Crippen LogP contribution in [0.15, 0.2) is 0 Å². The molecule has 0 rings (SSSR count). The van der Waals surface area contributed by atoms with Crippen LogP contribution in [-0.4, -0.2) is 38.6 Å². The number of nitrogens with one attached hydrogen (secondary N) is 1. The van der Waals surface area contributed by atoms with E-state index in [2.05, 4.69) is 23.9 Å². The molecule has 0 atom stereocenters. The second-order valence-corrected chi connectivity index (χ2v) is 3.91. The van der Waals surface area contributed by atoms with E-state index >= 15 is 0 Å². The number of alkyl halides is 3. The van der Waals surface area contributed by atoms with Crippen molar-refractivity contribution in [2.45, 2.75) is 26.4 Å². The number of carbonyl (C=O) groups is 1. The number of alkyl carbamates (subject to hydrolysis) is 1. The van der Waals surface area contributed by atoms with Crippen LogP contribution in [0.4, 0.5) is 18.0 Å². The van der Waals surface area contributed by atoms with E-state index in [1.807, 2.05) is 0 Å². The van der Waals surface area contributed by atoms with Gasteiger partial charge < -0.3 is 14.8 Å². The Hall–Kier alpha value is -0.980. The minimum atomic E-state index is -4.49. The van der Waals surface area contributed by atoms with E-state index in [0.29, 0.717) is 12.5 Å². The fraction of sp³-hybridized carbons (Fsp3) is 0.900. The summed E-state index contributed by atoms with van der Waals surface area (Å²) in [6.07, 6.45) is -4.68. The van der Waals surface area contributed by atoms with Gasteiger partial charge >= 0.3 is 12.3 Å². The van der Waals surface area contributed by atoms with Crippen molar-refractivity contribution in [2.24, 2.45) is 5.92 Å². The van der Waals surface area contributed by atoms with Gasteiger partial charge in [0, 0.05) is 13.2 Å². The molecule has 4 nitrogen and oxygen atoms in total. The SMILES string of the molecule is CC(C)CCOCCNC(=O)OCC(F)(F)F. The summed E-state index contributed by atoms with van der Waals surface area (Å²) in [7, 11) is 0. The van der Waals surface area contributed by atoms with Gasteiger partial charge in [0.2, 0.25) is 0 Å². The highest BCUT2D eigenvalue weighted by Gasteiger charge is 2.29. The van der Waals surface area contributed by atoms with Gasteiger partial charge in [-0.3, -0.25) is 0 Å². The summed E-state index contributed by atoms with van der Waals surface area (Å²) < 4.78 is 44.0. The lowest BCUT2D eigenvalue weighted by Gasteiger charge is -2.09. The summed E-state index contributed by atoms with van der Waals surface area (Å²) in [6.45, 7) is 3.48. The molecule has 0 aliphatic heterocycles. The molecule has 0 radical (unpaired) electrons. The van der Waals surface area contributed by atoms with Crippen LogP contribution in [0.25, 0.3) is 0 Å². The molecule has 0 aromatic heterocycles. The highest BCUT2D eigenvalue weighted by molar-refractivity contribution is 5.67. The minimum absolute atomic E-state index is 0.134. The molecule has 0 aliphatic carbocycles. The zero-order valence-electron chi connectivity index (χ0n) is 9.97. The Bertz CT molecular complexity index is 219. The van der Waals surface area contributed by atoms with Crippen LogP contribution in [0, 0.1) is 5.92 Å². The van der Waals surface area contributed by atoms with Crippen molar-refractivity contribution in [3.8, 4) is 0 Å². The first-order valence-electron chi connectivity index (χ1n) is 5.36. The van der Waals surface area contributed by atoms with Crippen molar-refractivity contribution >= 4 is 6.09 Å². The van der Waals surface area contributed by atoms with E-state index in [-0.39, 0.29) is 13.2 Å². The topological polar surface area (TPSA) is 47.6 Å². The second kappa shape index (κ2) is 8.16. The number of hydrogen-bond acceptors (Lipinski definition) is 3. The van der Waals surface area contributed by atoms with Gasteiger partial charge in [-0.15, -0.1) is 0 Å². The zero-order valence-corrected chi connectivity index (χ0v) is 9.97. The molecule has 0 spiro atoms. The summed E-state index contributed by atoms with van der Waals surface area (Å²) in [5.41, 5.74) is 0. The molecule has 0 fully saturated rings. The standard InChI is InChI=1S/C10H18F3NO3/c1-8(2)3-5-16-6-4-14-9(15)17-7-10(11,12)13/h8H,3-7H2,1-2H3,(H,14,15). The van der Waals surface area contributed by atoms with E-state index in [1.165, 1.54) is 0 Å². The molecular formula is C10H18F3NO3. The maximum atomic E-state index is 11.7. The Kier molecular flexibility index (Phi) is 7.69. The van der Waals surface area contributed by atoms with Crippen LogP contribution in [0.1, 0.15) is 20.3 Å². The number of hydrogen-bond donors (Lipinski definition) is 1. The summed E-state index contributed by atoms with van der Waals surface area (Å²) in [5.74, 6) is 0.528. The number of ether oxygens (including phenoxy) is 2. The van der Waals surface area contributed by atoms with Gasteiger partial charge in [-0.2, -0.15) is 13.2 Å². The highest BCUT2D eigenvalue weighted by Crippen LogP contribution is 2.14. The fourth-order valence-corrected chi connectivity index (χ4v) is 0.845. The van der Waals surface area contributed by atoms with Gasteiger partial charge in [0.05, 0.1) is 6.61 Å². The number of carbonyl (C=O) groups excluding carboxylic acids is 1. The predicted octanol–water partition coefficient (Wildman–Crippen LogP) is 2.34. The molecule has 17 heavy (non-hydrogen) atoms. The lowest BCUT2D eigenvalue weighted by molar-refractivity contribution is -0.160. The molecule has 0 saturated carbocycles. The molecule has 7 heteroatoms. The molecular weight excluding hydrogens is 239 g/mol. The summed E-state index contributed by atoms with van der Waals surface area (Å²) in [4.78, 5) is 10.7. The summed E-state index contributed by atoms with van der Waals surface area (Å²) in [6, 6.07) is 0. The third kappa shape index (κ3) is 13.0. The van der Waals surface area contributed by atoms with Crippen LogP contribution < -0.4 is 5.32 Å². The average molecular weight is 257 g/mol. The largest absolute Gasteiger partial charge is 0.440 e. The lowest BCUT2D eigenvalue weighted by Crippen LogP contribution is -2.31. The van der Waals surface area contributed by atoms with Crippen molar-refractivity contribution in [1.82, 2.24) is 5.32 Å². The Morgan fingerprint density at radius 3 is 2.47 bits per heavy atom. The Morgan fingerprint density at radius 1 is 1.29 bits per heavy atom. The molecule has 0 aromatic rings. The first kappa shape index (κ1) is 16.0. The third-order valence-electron chi connectivity index (χ3n) is 1.72. The quantitative estimate of drug-likeness (QED) is 0.712. The molecule has 1 amide bonds. The number of amides is 1. The highest BCUT2D eigenvalue weighted by atomic mass is 19.4. The second-order valence-electron chi connectivity index (χ2n) is 3.91. The van der Waals surface area contributed by atoms with E-state index in [0.717, 1.165) is 6.42 Å². The van der Waals surface area contributed by atoms with Gasteiger partial charge in [0.1, 0.15) is 0 Å². The molecule has 0 aliphatic rings. The van der Waals surface area contributed by atoms with Gasteiger partial charge in [-0.25, -0.2) is 4.79 Å². The fourth-order valence-electron chi connectivity index (χ4n) is 0.845. The maximum absolute atomic E-state index is 11.7. The van der Waals surface area contributed by atoms with E-state index in [9.17, 15) is 18.0 Å². The molecule has 0 aromatic carbocycles. The molecule has 0 saturated heterocycles. The Balaban J connectivity index is 3.34. The molecule has 0 bridgehead atoms. The van der Waals surface area contributed by atoms with Crippen LogP contribution in [0.3, 0.4) is 0 Å². The number of halogens is 3. The first-order valence-corrected chi connectivity index (χ1v) is 5.36. The smallest absolute Gasteiger partial charge is 0.422 e. The van der Waals surface area contributed by atoms with Crippen LogP contribution in [-0.2, 0) is 9.47 Å².